The van der Waals surface area contributed by atoms with Crippen molar-refractivity contribution in [1.29, 1.82) is 0 Å². The summed E-state index contributed by atoms with van der Waals surface area (Å²) in [7, 11) is 0. The number of carbonyl (C=O) groups excluding carboxylic acids is 1. The Hall–Kier alpha value is -1.73. The van der Waals surface area contributed by atoms with Gasteiger partial charge in [0.15, 0.2) is 6.29 Å². The van der Waals surface area contributed by atoms with Gasteiger partial charge in [-0.1, -0.05) is 0 Å². The van der Waals surface area contributed by atoms with Crippen LogP contribution in [0.15, 0.2) is 12.1 Å². The Bertz CT molecular complexity index is 391. The fraction of sp³-hybridized carbons (Fsp3) is 0.250. The van der Waals surface area contributed by atoms with E-state index in [9.17, 15) is 26.7 Å². The summed E-state index contributed by atoms with van der Waals surface area (Å²) in [5, 5.41) is 0. The number of pyridine rings is 1. The van der Waals surface area contributed by atoms with Crippen LogP contribution in [0.1, 0.15) is 16.2 Å². The lowest BCUT2D eigenvalue weighted by Gasteiger charge is -2.09. The van der Waals surface area contributed by atoms with Gasteiger partial charge in [0.25, 0.3) is 0 Å². The van der Waals surface area contributed by atoms with Crippen molar-refractivity contribution in [2.75, 3.05) is 0 Å². The van der Waals surface area contributed by atoms with Gasteiger partial charge in [-0.3, -0.25) is 4.79 Å². The third-order valence-electron chi connectivity index (χ3n) is 1.46. The lowest BCUT2D eigenvalue weighted by atomic mass is 10.3. The number of aromatic nitrogens is 1. The highest BCUT2D eigenvalue weighted by Crippen LogP contribution is 2.30. The summed E-state index contributed by atoms with van der Waals surface area (Å²) in [5.41, 5.74) is -2.10. The van der Waals surface area contributed by atoms with Crippen LogP contribution in [-0.2, 0) is 6.18 Å². The van der Waals surface area contributed by atoms with Gasteiger partial charge in [-0.25, -0.2) is 4.98 Å². The standard InChI is InChI=1S/C8H4F5NO2/c9-7(10)16-5-1-4(3-15)14-6(2-5)8(11,12)13/h1-3,7H. The van der Waals surface area contributed by atoms with E-state index in [-0.39, 0.29) is 6.29 Å². The van der Waals surface area contributed by atoms with Crippen LogP contribution in [0.5, 0.6) is 5.75 Å². The molecule has 0 bridgehead atoms. The van der Waals surface area contributed by atoms with Gasteiger partial charge in [0.1, 0.15) is 17.1 Å². The normalized spacial score (nSPS) is 11.6. The molecule has 0 aliphatic heterocycles. The number of aldehydes is 1. The molecule has 0 spiro atoms. The number of alkyl halides is 5. The lowest BCUT2D eigenvalue weighted by Crippen LogP contribution is -2.11. The molecule has 0 aromatic carbocycles. The van der Waals surface area contributed by atoms with Crippen molar-refractivity contribution >= 4 is 6.29 Å². The van der Waals surface area contributed by atoms with E-state index in [2.05, 4.69) is 9.72 Å². The minimum absolute atomic E-state index is 0.00751. The number of rotatable bonds is 3. The molecule has 0 unspecified atom stereocenters. The summed E-state index contributed by atoms with van der Waals surface area (Å²) in [6.45, 7) is -3.28. The zero-order valence-corrected chi connectivity index (χ0v) is 7.46. The molecule has 0 saturated carbocycles. The van der Waals surface area contributed by atoms with Crippen LogP contribution in [0, 0.1) is 0 Å². The molecule has 1 heterocycles. The SMILES string of the molecule is O=Cc1cc(OC(F)F)cc(C(F)(F)F)n1. The monoisotopic (exact) mass is 241 g/mol. The quantitative estimate of drug-likeness (QED) is 0.602. The van der Waals surface area contributed by atoms with Gasteiger partial charge in [0, 0.05) is 12.1 Å². The average Bonchev–Trinajstić information content (AvgIpc) is 2.14. The first-order valence-corrected chi connectivity index (χ1v) is 3.82. The van der Waals surface area contributed by atoms with E-state index < -0.39 is 29.9 Å². The molecule has 0 fully saturated rings. The second kappa shape index (κ2) is 4.42. The van der Waals surface area contributed by atoms with Crippen LogP contribution < -0.4 is 4.74 Å². The lowest BCUT2D eigenvalue weighted by molar-refractivity contribution is -0.141. The first kappa shape index (κ1) is 12.3. The average molecular weight is 241 g/mol. The molecule has 0 aliphatic rings. The summed E-state index contributed by atoms with van der Waals surface area (Å²) in [6.07, 6.45) is -4.83. The Labute approximate surface area is 85.8 Å². The highest BCUT2D eigenvalue weighted by atomic mass is 19.4. The highest BCUT2D eigenvalue weighted by Gasteiger charge is 2.33. The summed E-state index contributed by atoms with van der Waals surface area (Å²) >= 11 is 0. The Morgan fingerprint density at radius 1 is 1.31 bits per heavy atom. The second-order valence-electron chi connectivity index (χ2n) is 2.61. The maximum absolute atomic E-state index is 12.2. The molecule has 8 heteroatoms. The molecule has 0 N–H and O–H groups in total. The van der Waals surface area contributed by atoms with Crippen molar-refractivity contribution < 1.29 is 31.5 Å². The summed E-state index contributed by atoms with van der Waals surface area (Å²) < 4.78 is 63.9. The molecule has 0 amide bonds. The molecule has 0 saturated heterocycles. The van der Waals surface area contributed by atoms with Crippen LogP contribution >= 0.6 is 0 Å². The van der Waals surface area contributed by atoms with Gasteiger partial charge in [0.05, 0.1) is 0 Å². The van der Waals surface area contributed by atoms with Gasteiger partial charge in [-0.05, 0) is 0 Å². The first-order valence-electron chi connectivity index (χ1n) is 3.82. The molecule has 1 rings (SSSR count). The minimum Gasteiger partial charge on any atom is -0.435 e. The molecule has 1 aromatic heterocycles. The van der Waals surface area contributed by atoms with E-state index in [4.69, 9.17) is 0 Å². The number of hydrogen-bond donors (Lipinski definition) is 0. The third kappa shape index (κ3) is 3.14. The van der Waals surface area contributed by atoms with Crippen molar-refractivity contribution in [2.24, 2.45) is 0 Å². The number of halogens is 5. The van der Waals surface area contributed by atoms with E-state index in [1.165, 1.54) is 0 Å². The molecular formula is C8H4F5NO2. The van der Waals surface area contributed by atoms with Crippen LogP contribution in [-0.4, -0.2) is 17.9 Å². The number of ether oxygens (including phenoxy) is 1. The molecular weight excluding hydrogens is 237 g/mol. The Morgan fingerprint density at radius 2 is 1.94 bits per heavy atom. The first-order chi connectivity index (χ1) is 7.32. The Kier molecular flexibility index (Phi) is 3.41. The number of hydrogen-bond acceptors (Lipinski definition) is 3. The largest absolute Gasteiger partial charge is 0.435 e. The van der Waals surface area contributed by atoms with Gasteiger partial charge in [0.2, 0.25) is 0 Å². The van der Waals surface area contributed by atoms with Crippen molar-refractivity contribution in [3.05, 3.63) is 23.5 Å². The van der Waals surface area contributed by atoms with Crippen LogP contribution in [0.4, 0.5) is 22.0 Å². The van der Waals surface area contributed by atoms with Crippen LogP contribution in [0.2, 0.25) is 0 Å². The summed E-state index contributed by atoms with van der Waals surface area (Å²) in [5.74, 6) is -0.764. The zero-order valence-electron chi connectivity index (χ0n) is 7.46. The van der Waals surface area contributed by atoms with Crippen LogP contribution in [0.25, 0.3) is 0 Å². The van der Waals surface area contributed by atoms with Crippen molar-refractivity contribution in [3.63, 3.8) is 0 Å². The Balaban J connectivity index is 3.16. The molecule has 0 atom stereocenters. The molecule has 16 heavy (non-hydrogen) atoms. The van der Waals surface area contributed by atoms with E-state index in [1.807, 2.05) is 0 Å². The smallest absolute Gasteiger partial charge is 0.433 e. The molecule has 3 nitrogen and oxygen atoms in total. The van der Waals surface area contributed by atoms with E-state index in [1.54, 1.807) is 0 Å². The van der Waals surface area contributed by atoms with E-state index >= 15 is 0 Å². The predicted molar refractivity (Wildman–Crippen MR) is 41.3 cm³/mol. The molecule has 0 aliphatic carbocycles. The maximum Gasteiger partial charge on any atom is 0.433 e. The molecule has 88 valence electrons. The fourth-order valence-electron chi connectivity index (χ4n) is 0.902. The molecule has 1 aromatic rings. The van der Waals surface area contributed by atoms with Gasteiger partial charge >= 0.3 is 12.8 Å². The summed E-state index contributed by atoms with van der Waals surface area (Å²) in [4.78, 5) is 13.2. The van der Waals surface area contributed by atoms with E-state index in [0.29, 0.717) is 12.1 Å². The second-order valence-corrected chi connectivity index (χ2v) is 2.61. The maximum atomic E-state index is 12.2. The van der Waals surface area contributed by atoms with Gasteiger partial charge in [-0.15, -0.1) is 0 Å². The van der Waals surface area contributed by atoms with Gasteiger partial charge in [-0.2, -0.15) is 22.0 Å². The number of carbonyl (C=O) groups is 1. The Morgan fingerprint density at radius 3 is 2.38 bits per heavy atom. The van der Waals surface area contributed by atoms with E-state index in [0.717, 1.165) is 0 Å². The molecule has 0 radical (unpaired) electrons. The van der Waals surface area contributed by atoms with Crippen LogP contribution in [0.3, 0.4) is 0 Å². The van der Waals surface area contributed by atoms with Crippen molar-refractivity contribution in [3.8, 4) is 5.75 Å². The number of nitrogens with zero attached hydrogens (tertiary/aromatic N) is 1. The zero-order chi connectivity index (χ0) is 12.3. The highest BCUT2D eigenvalue weighted by molar-refractivity contribution is 5.72. The predicted octanol–water partition coefficient (Wildman–Crippen LogP) is 2.51. The van der Waals surface area contributed by atoms with Gasteiger partial charge < -0.3 is 4.74 Å². The summed E-state index contributed by atoms with van der Waals surface area (Å²) in [6, 6.07) is 0.980. The third-order valence-corrected chi connectivity index (χ3v) is 1.46. The fourth-order valence-corrected chi connectivity index (χ4v) is 0.902. The van der Waals surface area contributed by atoms with Crippen molar-refractivity contribution in [2.45, 2.75) is 12.8 Å². The minimum atomic E-state index is -4.83. The topological polar surface area (TPSA) is 39.2 Å². The van der Waals surface area contributed by atoms with Crippen molar-refractivity contribution in [1.82, 2.24) is 4.98 Å².